The number of H-pyrrole nitrogens is 1. The summed E-state index contributed by atoms with van der Waals surface area (Å²) in [5, 5.41) is 14.2. The van der Waals surface area contributed by atoms with Crippen molar-refractivity contribution in [2.45, 2.75) is 7.57 Å². The lowest BCUT2D eigenvalue weighted by molar-refractivity contribution is -0.285. The van der Waals surface area contributed by atoms with Gasteiger partial charge in [-0.15, -0.1) is 0 Å². The maximum atomic E-state index is 14.0. The van der Waals surface area contributed by atoms with Crippen molar-refractivity contribution in [3.05, 3.63) is 46.5 Å². The highest BCUT2D eigenvalue weighted by Gasteiger charge is 2.48. The van der Waals surface area contributed by atoms with Gasteiger partial charge in [-0.3, -0.25) is 15.8 Å². The summed E-state index contributed by atoms with van der Waals surface area (Å²) in [6.45, 7) is 0. The minimum atomic E-state index is -2.59. The molecule has 4 N–H and O–H groups in total. The van der Waals surface area contributed by atoms with Crippen LogP contribution in [0, 0.1) is 10.1 Å². The zero-order chi connectivity index (χ0) is 21.2. The van der Waals surface area contributed by atoms with E-state index in [1.54, 1.807) is 24.3 Å². The Balaban J connectivity index is 2.09. The maximum absolute atomic E-state index is 14.0. The molecule has 1 aromatic carbocycles. The minimum absolute atomic E-state index is 0.0118. The Morgan fingerprint density at radius 3 is 2.90 bits per heavy atom. The van der Waals surface area contributed by atoms with Crippen molar-refractivity contribution in [1.29, 1.82) is 0 Å². The third-order valence-electron chi connectivity index (χ3n) is 3.41. The molecule has 2 atom stereocenters. The molecule has 0 spiro atoms. The Kier molecular flexibility index (Phi) is 6.38. The molecule has 0 aliphatic carbocycles. The fourth-order valence-electron chi connectivity index (χ4n) is 2.30. The van der Waals surface area contributed by atoms with Gasteiger partial charge in [0.1, 0.15) is 15.6 Å². The number of alkyl halides is 3. The Labute approximate surface area is 185 Å². The van der Waals surface area contributed by atoms with Crippen LogP contribution in [0.1, 0.15) is 5.82 Å². The number of aromatic amines is 1. The molecule has 3 aromatic rings. The topological polar surface area (TPSA) is 145 Å². The van der Waals surface area contributed by atoms with Crippen molar-refractivity contribution in [2.75, 3.05) is 12.4 Å². The SMILES string of the molecule is COc1cccc(Nc2nc(C(N)(S[N+](=O)[O-])SC(F)(Cl)Br)nc3nc[nH]c23)c1. The van der Waals surface area contributed by atoms with E-state index in [9.17, 15) is 14.5 Å². The number of methoxy groups -OCH3 is 1. The third-order valence-corrected chi connectivity index (χ3v) is 5.92. The Bertz CT molecular complexity index is 1050. The number of hydrogen-bond acceptors (Lipinski definition) is 10. The van der Waals surface area contributed by atoms with E-state index in [1.165, 1.54) is 13.4 Å². The van der Waals surface area contributed by atoms with Gasteiger partial charge in [0.2, 0.25) is 4.20 Å². The summed E-state index contributed by atoms with van der Waals surface area (Å²) in [5.74, 6) is 0.571. The van der Waals surface area contributed by atoms with E-state index in [0.29, 0.717) is 17.0 Å². The number of thioether (sulfide) groups is 1. The molecule has 29 heavy (non-hydrogen) atoms. The first-order valence-corrected chi connectivity index (χ1v) is 10.4. The van der Waals surface area contributed by atoms with Crippen molar-refractivity contribution < 1.29 is 13.5 Å². The van der Waals surface area contributed by atoms with E-state index >= 15 is 0 Å². The molecule has 0 saturated carbocycles. The number of rotatable bonds is 8. The maximum Gasteiger partial charge on any atom is 0.287 e. The van der Waals surface area contributed by atoms with Crippen LogP contribution in [-0.4, -0.2) is 34.7 Å². The molecule has 2 heterocycles. The average Bonchev–Trinajstić information content (AvgIpc) is 3.08. The zero-order valence-electron chi connectivity index (χ0n) is 14.4. The summed E-state index contributed by atoms with van der Waals surface area (Å²) in [6.07, 6.45) is 1.37. The number of hydrogen-bond donors (Lipinski definition) is 3. The van der Waals surface area contributed by atoms with Gasteiger partial charge in [-0.25, -0.2) is 19.3 Å². The lowest BCUT2D eigenvalue weighted by Gasteiger charge is -2.24. The molecule has 3 rings (SSSR count). The molecule has 0 aliphatic rings. The van der Waals surface area contributed by atoms with Crippen LogP contribution in [0.5, 0.6) is 5.75 Å². The molecule has 0 radical (unpaired) electrons. The molecule has 10 nitrogen and oxygen atoms in total. The molecule has 0 fully saturated rings. The lowest BCUT2D eigenvalue weighted by Crippen LogP contribution is -2.35. The number of nitrogens with two attached hydrogens (primary N) is 1. The van der Waals surface area contributed by atoms with Gasteiger partial charge in [-0.2, -0.15) is 0 Å². The van der Waals surface area contributed by atoms with Crippen molar-refractivity contribution in [3.8, 4) is 5.75 Å². The number of imidazole rings is 1. The van der Waals surface area contributed by atoms with Crippen LogP contribution < -0.4 is 15.8 Å². The van der Waals surface area contributed by atoms with Crippen LogP contribution in [0.3, 0.4) is 0 Å². The van der Waals surface area contributed by atoms with Crippen LogP contribution >= 0.6 is 51.2 Å². The van der Waals surface area contributed by atoms with E-state index in [0.717, 1.165) is 0 Å². The standard InChI is InChI=1S/C14H12BrClFN7O3S2/c1-27-8-4-2-3-7(5-8)21-11-9-10(20-6-19-9)22-12(23-11)13(18,29-24(25)26)28-14(15,16)17/h2-6H,18H2,1H3,(H2,19,20,21,22,23). The predicted octanol–water partition coefficient (Wildman–Crippen LogP) is 4.05. The molecular weight excluding hydrogens is 513 g/mol. The third kappa shape index (κ3) is 5.39. The van der Waals surface area contributed by atoms with Crippen LogP contribution in [0.15, 0.2) is 30.6 Å². The number of fused-ring (bicyclic) bond motifs is 1. The summed E-state index contributed by atoms with van der Waals surface area (Å²) in [7, 11) is 1.53. The van der Waals surface area contributed by atoms with Gasteiger partial charge in [-0.1, -0.05) is 17.7 Å². The van der Waals surface area contributed by atoms with Gasteiger partial charge >= 0.3 is 0 Å². The highest BCUT2D eigenvalue weighted by atomic mass is 79.9. The van der Waals surface area contributed by atoms with Crippen molar-refractivity contribution in [1.82, 2.24) is 19.9 Å². The second-order valence-corrected chi connectivity index (χ2v) is 11.0. The monoisotopic (exact) mass is 523 g/mol. The van der Waals surface area contributed by atoms with Crippen LogP contribution in [-0.2, 0) is 4.20 Å². The fraction of sp³-hybridized carbons (Fsp3) is 0.214. The zero-order valence-corrected chi connectivity index (χ0v) is 18.4. The van der Waals surface area contributed by atoms with Gasteiger partial charge < -0.3 is 15.0 Å². The van der Waals surface area contributed by atoms with Gasteiger partial charge in [0.25, 0.3) is 15.3 Å². The molecule has 2 unspecified atom stereocenters. The minimum Gasteiger partial charge on any atom is -0.497 e. The first-order chi connectivity index (χ1) is 13.6. The second-order valence-electron chi connectivity index (χ2n) is 5.38. The normalized spacial score (nSPS) is 15.5. The van der Waals surface area contributed by atoms with Crippen LogP contribution in [0.2, 0.25) is 0 Å². The number of anilines is 2. The Morgan fingerprint density at radius 2 is 2.24 bits per heavy atom. The molecule has 0 bridgehead atoms. The van der Waals surface area contributed by atoms with Crippen LogP contribution in [0.4, 0.5) is 15.9 Å². The number of nitrogens with one attached hydrogen (secondary N) is 2. The second kappa shape index (κ2) is 8.47. The first kappa shape index (κ1) is 21.8. The van der Waals surface area contributed by atoms with E-state index in [-0.39, 0.29) is 41.0 Å². The van der Waals surface area contributed by atoms with Gasteiger partial charge in [0, 0.05) is 11.8 Å². The molecule has 0 saturated heterocycles. The van der Waals surface area contributed by atoms with Crippen molar-refractivity contribution in [3.63, 3.8) is 0 Å². The lowest BCUT2D eigenvalue weighted by atomic mass is 10.3. The van der Waals surface area contributed by atoms with E-state index in [4.69, 9.17) is 22.1 Å². The molecule has 0 aliphatic heterocycles. The van der Waals surface area contributed by atoms with E-state index < -0.39 is 11.9 Å². The summed E-state index contributed by atoms with van der Waals surface area (Å²) >= 11 is 8.35. The smallest absolute Gasteiger partial charge is 0.287 e. The summed E-state index contributed by atoms with van der Waals surface area (Å²) in [5.41, 5.74) is 7.30. The molecule has 2 aromatic heterocycles. The van der Waals surface area contributed by atoms with Gasteiger partial charge in [-0.05, 0) is 39.8 Å². The molecule has 15 heteroatoms. The number of nitro groups is 1. The summed E-state index contributed by atoms with van der Waals surface area (Å²) in [6, 6.07) is 6.99. The molecule has 0 amide bonds. The summed E-state index contributed by atoms with van der Waals surface area (Å²) < 4.78 is 13.8. The van der Waals surface area contributed by atoms with Crippen molar-refractivity contribution in [2.24, 2.45) is 5.73 Å². The number of benzene rings is 1. The van der Waals surface area contributed by atoms with Crippen LogP contribution in [0.25, 0.3) is 11.2 Å². The molecule has 154 valence electrons. The average molecular weight is 525 g/mol. The van der Waals surface area contributed by atoms with Gasteiger partial charge in [0.05, 0.1) is 13.4 Å². The van der Waals surface area contributed by atoms with Crippen molar-refractivity contribution >= 4 is 73.9 Å². The summed E-state index contributed by atoms with van der Waals surface area (Å²) in [4.78, 5) is 26.5. The number of aromatic nitrogens is 4. The highest BCUT2D eigenvalue weighted by molar-refractivity contribution is 9.12. The first-order valence-electron chi connectivity index (χ1n) is 7.61. The highest BCUT2D eigenvalue weighted by Crippen LogP contribution is 2.52. The fourth-order valence-corrected chi connectivity index (χ4v) is 5.49. The number of nitrogens with zero attached hydrogens (tertiary/aromatic N) is 4. The predicted molar refractivity (Wildman–Crippen MR) is 115 cm³/mol. The quantitative estimate of drug-likeness (QED) is 0.130. The van der Waals surface area contributed by atoms with Gasteiger partial charge in [0.15, 0.2) is 17.3 Å². The number of ether oxygens (including phenoxy) is 1. The molecular formula is C14H12BrClFN7O3S2. The largest absolute Gasteiger partial charge is 0.497 e. The van der Waals surface area contributed by atoms with E-state index in [2.05, 4.69) is 41.2 Å². The Hall–Kier alpha value is -1.87. The van der Waals surface area contributed by atoms with E-state index in [1.807, 2.05) is 0 Å². The Morgan fingerprint density at radius 1 is 1.48 bits per heavy atom. The number of halogens is 3.